The van der Waals surface area contributed by atoms with E-state index in [2.05, 4.69) is 4.98 Å². The van der Waals surface area contributed by atoms with Crippen molar-refractivity contribution in [1.82, 2.24) is 9.55 Å². The van der Waals surface area contributed by atoms with Crippen molar-refractivity contribution in [2.75, 3.05) is 7.11 Å². The molecule has 1 aromatic carbocycles. The molecule has 0 fully saturated rings. The summed E-state index contributed by atoms with van der Waals surface area (Å²) in [6, 6.07) is 2.62. The molecule has 18 heavy (non-hydrogen) atoms. The van der Waals surface area contributed by atoms with Crippen LogP contribution in [0.25, 0.3) is 10.9 Å². The maximum Gasteiger partial charge on any atom is 0.323 e. The second kappa shape index (κ2) is 4.36. The normalized spacial score (nSPS) is 10.5. The Balaban J connectivity index is 2.69. The number of hydrogen-bond donors (Lipinski definition) is 2. The van der Waals surface area contributed by atoms with Gasteiger partial charge in [0.15, 0.2) is 11.5 Å². The fourth-order valence-corrected chi connectivity index (χ4v) is 1.60. The van der Waals surface area contributed by atoms with Gasteiger partial charge in [0.1, 0.15) is 6.54 Å². The number of fused-ring (bicyclic) bond motifs is 1. The van der Waals surface area contributed by atoms with Crippen LogP contribution >= 0.6 is 0 Å². The molecule has 0 atom stereocenters. The minimum absolute atomic E-state index is 0.132. The molecule has 0 spiro atoms. The van der Waals surface area contributed by atoms with E-state index in [1.54, 1.807) is 0 Å². The summed E-state index contributed by atoms with van der Waals surface area (Å²) in [4.78, 5) is 26.5. The van der Waals surface area contributed by atoms with Crippen molar-refractivity contribution in [3.05, 3.63) is 28.8 Å². The van der Waals surface area contributed by atoms with Gasteiger partial charge in [0.2, 0.25) is 0 Å². The molecular weight excluding hydrogens is 240 g/mol. The third kappa shape index (κ3) is 1.97. The van der Waals surface area contributed by atoms with E-state index in [-0.39, 0.29) is 22.4 Å². The van der Waals surface area contributed by atoms with Gasteiger partial charge in [-0.05, 0) is 6.07 Å². The van der Waals surface area contributed by atoms with Crippen LogP contribution in [-0.2, 0) is 11.3 Å². The van der Waals surface area contributed by atoms with Crippen molar-refractivity contribution in [2.24, 2.45) is 0 Å². The van der Waals surface area contributed by atoms with Gasteiger partial charge in [0.25, 0.3) is 5.56 Å². The Bertz CT molecular complexity index is 677. The van der Waals surface area contributed by atoms with Gasteiger partial charge in [-0.2, -0.15) is 0 Å². The Hall–Kier alpha value is -2.57. The van der Waals surface area contributed by atoms with E-state index < -0.39 is 18.1 Å². The lowest BCUT2D eigenvalue weighted by molar-refractivity contribution is -0.137. The van der Waals surface area contributed by atoms with Gasteiger partial charge in [-0.15, -0.1) is 0 Å². The van der Waals surface area contributed by atoms with E-state index in [0.29, 0.717) is 0 Å². The second-order valence-corrected chi connectivity index (χ2v) is 3.61. The minimum Gasteiger partial charge on any atom is -0.504 e. The smallest absolute Gasteiger partial charge is 0.323 e. The zero-order valence-corrected chi connectivity index (χ0v) is 9.45. The lowest BCUT2D eigenvalue weighted by Gasteiger charge is -2.07. The number of carboxylic acid groups (broad SMARTS) is 1. The maximum atomic E-state index is 12.0. The molecular formula is C11H10N2O5. The average molecular weight is 250 g/mol. The molecule has 7 heteroatoms. The van der Waals surface area contributed by atoms with E-state index in [4.69, 9.17) is 9.84 Å². The van der Waals surface area contributed by atoms with Crippen molar-refractivity contribution in [1.29, 1.82) is 0 Å². The lowest BCUT2D eigenvalue weighted by atomic mass is 10.2. The summed E-state index contributed by atoms with van der Waals surface area (Å²) < 4.78 is 5.86. The fourth-order valence-electron chi connectivity index (χ4n) is 1.60. The number of phenolic OH excluding ortho intramolecular Hbond substituents is 1. The number of nitrogens with zero attached hydrogens (tertiary/aromatic N) is 2. The molecule has 0 amide bonds. The first-order valence-corrected chi connectivity index (χ1v) is 5.01. The van der Waals surface area contributed by atoms with E-state index in [0.717, 1.165) is 10.9 Å². The summed E-state index contributed by atoms with van der Waals surface area (Å²) in [6.07, 6.45) is 1.13. The van der Waals surface area contributed by atoms with E-state index in [1.165, 1.54) is 19.2 Å². The molecule has 0 unspecified atom stereocenters. The monoisotopic (exact) mass is 250 g/mol. The van der Waals surface area contributed by atoms with Crippen LogP contribution in [0, 0.1) is 0 Å². The van der Waals surface area contributed by atoms with Crippen LogP contribution in [0.5, 0.6) is 11.5 Å². The van der Waals surface area contributed by atoms with Gasteiger partial charge in [0.05, 0.1) is 24.3 Å². The fraction of sp³-hybridized carbons (Fsp3) is 0.182. The van der Waals surface area contributed by atoms with Crippen molar-refractivity contribution in [3.8, 4) is 11.5 Å². The number of methoxy groups -OCH3 is 1. The molecule has 0 aliphatic rings. The number of carbonyl (C=O) groups is 1. The summed E-state index contributed by atoms with van der Waals surface area (Å²) >= 11 is 0. The summed E-state index contributed by atoms with van der Waals surface area (Å²) in [5.74, 6) is -1.13. The molecule has 1 aromatic heterocycles. The van der Waals surface area contributed by atoms with Gasteiger partial charge in [-0.25, -0.2) is 4.98 Å². The molecule has 2 rings (SSSR count). The third-order valence-corrected chi connectivity index (χ3v) is 2.43. The van der Waals surface area contributed by atoms with E-state index in [9.17, 15) is 14.7 Å². The molecule has 2 N–H and O–H groups in total. The zero-order chi connectivity index (χ0) is 13.3. The highest BCUT2D eigenvalue weighted by Gasteiger charge is 2.11. The highest BCUT2D eigenvalue weighted by atomic mass is 16.5. The maximum absolute atomic E-state index is 12.0. The topological polar surface area (TPSA) is 102 Å². The predicted molar refractivity (Wildman–Crippen MR) is 61.9 cm³/mol. The van der Waals surface area contributed by atoms with Crippen molar-refractivity contribution in [3.63, 3.8) is 0 Å². The molecule has 94 valence electrons. The second-order valence-electron chi connectivity index (χ2n) is 3.61. The number of hydrogen-bond acceptors (Lipinski definition) is 5. The summed E-state index contributed by atoms with van der Waals surface area (Å²) in [6.45, 7) is -0.467. The molecule has 0 saturated heterocycles. The van der Waals surface area contributed by atoms with Crippen LogP contribution in [0.15, 0.2) is 23.3 Å². The van der Waals surface area contributed by atoms with Crippen molar-refractivity contribution >= 4 is 16.9 Å². The number of benzene rings is 1. The number of phenols is 1. The first-order chi connectivity index (χ1) is 8.52. The van der Waals surface area contributed by atoms with Crippen LogP contribution in [-0.4, -0.2) is 32.8 Å². The Morgan fingerprint density at radius 3 is 2.83 bits per heavy atom. The first-order valence-electron chi connectivity index (χ1n) is 5.01. The highest BCUT2D eigenvalue weighted by molar-refractivity contribution is 5.81. The number of rotatable bonds is 3. The molecule has 1 heterocycles. The first kappa shape index (κ1) is 11.9. The Kier molecular flexibility index (Phi) is 2.88. The van der Waals surface area contributed by atoms with Gasteiger partial charge in [-0.3, -0.25) is 14.2 Å². The molecule has 0 radical (unpaired) electrons. The van der Waals surface area contributed by atoms with Crippen LogP contribution < -0.4 is 10.3 Å². The molecule has 0 aliphatic heterocycles. The Morgan fingerprint density at radius 1 is 1.50 bits per heavy atom. The minimum atomic E-state index is -1.14. The lowest BCUT2D eigenvalue weighted by Crippen LogP contribution is -2.24. The van der Waals surface area contributed by atoms with E-state index >= 15 is 0 Å². The van der Waals surface area contributed by atoms with Crippen molar-refractivity contribution < 1.29 is 19.7 Å². The summed E-state index contributed by atoms with van der Waals surface area (Å²) in [5, 5.41) is 18.4. The van der Waals surface area contributed by atoms with Gasteiger partial charge < -0.3 is 14.9 Å². The molecule has 0 saturated carbocycles. The van der Waals surface area contributed by atoms with Crippen LogP contribution in [0.1, 0.15) is 0 Å². The molecule has 7 nitrogen and oxygen atoms in total. The van der Waals surface area contributed by atoms with Gasteiger partial charge in [-0.1, -0.05) is 0 Å². The largest absolute Gasteiger partial charge is 0.504 e. The Labute approximate surface area is 101 Å². The SMILES string of the molecule is COc1cc2c(=O)n(CC(=O)O)cnc2cc1O. The van der Waals surface area contributed by atoms with Gasteiger partial charge in [0, 0.05) is 6.07 Å². The summed E-state index contributed by atoms with van der Waals surface area (Å²) in [7, 11) is 1.35. The Morgan fingerprint density at radius 2 is 2.22 bits per heavy atom. The van der Waals surface area contributed by atoms with Gasteiger partial charge >= 0.3 is 5.97 Å². The quantitative estimate of drug-likeness (QED) is 0.806. The number of aromatic hydroxyl groups is 1. The van der Waals surface area contributed by atoms with Crippen molar-refractivity contribution in [2.45, 2.75) is 6.54 Å². The van der Waals surface area contributed by atoms with E-state index in [1.807, 2.05) is 0 Å². The standard InChI is InChI=1S/C11H10N2O5/c1-18-9-2-6-7(3-8(9)14)12-5-13(11(6)17)4-10(15)16/h2-3,5,14H,4H2,1H3,(H,15,16). The zero-order valence-electron chi connectivity index (χ0n) is 9.45. The average Bonchev–Trinajstić information content (AvgIpc) is 2.32. The molecule has 0 bridgehead atoms. The van der Waals surface area contributed by atoms with Crippen LogP contribution in [0.3, 0.4) is 0 Å². The third-order valence-electron chi connectivity index (χ3n) is 2.43. The number of ether oxygens (including phenoxy) is 1. The number of aromatic nitrogens is 2. The predicted octanol–water partition coefficient (Wildman–Crippen LogP) is 0.195. The molecule has 0 aliphatic carbocycles. The highest BCUT2D eigenvalue weighted by Crippen LogP contribution is 2.28. The molecule has 2 aromatic rings. The number of carboxylic acids is 1. The van der Waals surface area contributed by atoms with Crippen LogP contribution in [0.2, 0.25) is 0 Å². The number of aliphatic carboxylic acids is 1. The van der Waals surface area contributed by atoms with Crippen LogP contribution in [0.4, 0.5) is 0 Å². The summed E-state index contributed by atoms with van der Waals surface area (Å²) in [5.41, 5.74) is -0.222.